The molecule has 0 saturated heterocycles. The van der Waals surface area contributed by atoms with E-state index in [9.17, 15) is 0 Å². The molecule has 2 rings (SSSR count). The summed E-state index contributed by atoms with van der Waals surface area (Å²) in [4.78, 5) is 0. The third-order valence-corrected chi connectivity index (χ3v) is 4.17. The maximum atomic E-state index is 5.61. The Morgan fingerprint density at radius 2 is 1.32 bits per heavy atom. The molecule has 22 heavy (non-hydrogen) atoms. The average molecular weight is 298 g/mol. The van der Waals surface area contributed by atoms with Crippen molar-refractivity contribution in [2.24, 2.45) is 5.92 Å². The third kappa shape index (κ3) is 4.52. The zero-order valence-corrected chi connectivity index (χ0v) is 13.5. The quantitative estimate of drug-likeness (QED) is 0.571. The van der Waals surface area contributed by atoms with Crippen LogP contribution >= 0.6 is 0 Å². The van der Waals surface area contributed by atoms with Crippen LogP contribution in [0.5, 0.6) is 0 Å². The zero-order chi connectivity index (χ0) is 15.8. The van der Waals surface area contributed by atoms with Gasteiger partial charge in [-0.2, -0.15) is 0 Å². The molecule has 0 atom stereocenters. The molecule has 2 aliphatic rings. The molecule has 0 heterocycles. The van der Waals surface area contributed by atoms with Gasteiger partial charge in [0.15, 0.2) is 0 Å². The summed E-state index contributed by atoms with van der Waals surface area (Å²) in [6.45, 7) is 10.8. The maximum absolute atomic E-state index is 5.61. The number of hydrogen-bond acceptors (Lipinski definition) is 2. The van der Waals surface area contributed by atoms with E-state index in [4.69, 9.17) is 9.47 Å². The Balaban J connectivity index is 1.96. The first-order valence-electron chi connectivity index (χ1n) is 8.01. The van der Waals surface area contributed by atoms with Crippen LogP contribution in [0, 0.1) is 5.92 Å². The van der Waals surface area contributed by atoms with Crippen LogP contribution in [-0.2, 0) is 9.47 Å². The van der Waals surface area contributed by atoms with E-state index in [1.807, 2.05) is 0 Å². The van der Waals surface area contributed by atoms with Crippen molar-refractivity contribution in [1.82, 2.24) is 0 Å². The van der Waals surface area contributed by atoms with Gasteiger partial charge in [0.2, 0.25) is 0 Å². The number of rotatable bonds is 8. The van der Waals surface area contributed by atoms with E-state index < -0.39 is 0 Å². The second-order valence-electron chi connectivity index (χ2n) is 5.67. The summed E-state index contributed by atoms with van der Waals surface area (Å²) < 4.78 is 11.2. The summed E-state index contributed by atoms with van der Waals surface area (Å²) in [6.07, 6.45) is 16.4. The molecule has 118 valence electrons. The Bertz CT molecular complexity index is 484. The number of allylic oxidation sites excluding steroid dienone is 8. The van der Waals surface area contributed by atoms with Gasteiger partial charge >= 0.3 is 0 Å². The highest BCUT2D eigenvalue weighted by atomic mass is 16.5. The highest BCUT2D eigenvalue weighted by Gasteiger charge is 2.18. The van der Waals surface area contributed by atoms with Crippen LogP contribution in [0.2, 0.25) is 0 Å². The molecule has 2 heteroatoms. The van der Waals surface area contributed by atoms with Crippen LogP contribution in [0.15, 0.2) is 72.3 Å². The number of hydrogen-bond donors (Lipinski definition) is 0. The highest BCUT2D eigenvalue weighted by Crippen LogP contribution is 2.33. The molecule has 0 saturated carbocycles. The van der Waals surface area contributed by atoms with Gasteiger partial charge in [0.25, 0.3) is 0 Å². The summed E-state index contributed by atoms with van der Waals surface area (Å²) in [6, 6.07) is 0. The van der Waals surface area contributed by atoms with Gasteiger partial charge in [0, 0.05) is 12.8 Å². The van der Waals surface area contributed by atoms with Crippen molar-refractivity contribution >= 4 is 0 Å². The van der Waals surface area contributed by atoms with Crippen LogP contribution in [0.4, 0.5) is 0 Å². The van der Waals surface area contributed by atoms with E-state index in [0.29, 0.717) is 19.1 Å². The molecular formula is C20H26O2. The van der Waals surface area contributed by atoms with Crippen molar-refractivity contribution in [3.05, 3.63) is 72.3 Å². The van der Waals surface area contributed by atoms with Gasteiger partial charge in [-0.25, -0.2) is 0 Å². The highest BCUT2D eigenvalue weighted by molar-refractivity contribution is 5.32. The molecular weight excluding hydrogens is 272 g/mol. The predicted molar refractivity (Wildman–Crippen MR) is 92.3 cm³/mol. The Morgan fingerprint density at radius 1 is 0.864 bits per heavy atom. The fraction of sp³-hybridized carbons (Fsp3) is 0.400. The zero-order valence-electron chi connectivity index (χ0n) is 13.5. The van der Waals surface area contributed by atoms with Crippen LogP contribution < -0.4 is 0 Å². The monoisotopic (exact) mass is 298 g/mol. The molecule has 2 aliphatic carbocycles. The minimum absolute atomic E-state index is 0.495. The summed E-state index contributed by atoms with van der Waals surface area (Å²) in [5, 5.41) is 0. The summed E-state index contributed by atoms with van der Waals surface area (Å²) in [5.41, 5.74) is 2.97. The van der Waals surface area contributed by atoms with E-state index in [-0.39, 0.29) is 0 Å². The molecule has 0 amide bonds. The molecule has 0 unspecified atom stereocenters. The van der Waals surface area contributed by atoms with Crippen molar-refractivity contribution in [3.8, 4) is 0 Å². The van der Waals surface area contributed by atoms with Crippen LogP contribution in [-0.4, -0.2) is 13.2 Å². The molecule has 0 aliphatic heterocycles. The van der Waals surface area contributed by atoms with E-state index in [0.717, 1.165) is 37.2 Å². The van der Waals surface area contributed by atoms with Crippen molar-refractivity contribution in [2.45, 2.75) is 32.6 Å². The van der Waals surface area contributed by atoms with Crippen LogP contribution in [0.1, 0.15) is 32.6 Å². The van der Waals surface area contributed by atoms with Gasteiger partial charge in [-0.05, 0) is 30.9 Å². The first kappa shape index (κ1) is 16.4. The van der Waals surface area contributed by atoms with Gasteiger partial charge in [-0.15, -0.1) is 0 Å². The van der Waals surface area contributed by atoms with E-state index >= 15 is 0 Å². The van der Waals surface area contributed by atoms with Crippen LogP contribution in [0.25, 0.3) is 0 Å². The van der Waals surface area contributed by atoms with Crippen molar-refractivity contribution in [1.29, 1.82) is 0 Å². The molecule has 0 aromatic carbocycles. The topological polar surface area (TPSA) is 18.5 Å². The Labute approximate surface area is 134 Å². The predicted octanol–water partition coefficient (Wildman–Crippen LogP) is 5.24. The molecule has 0 spiro atoms. The van der Waals surface area contributed by atoms with Crippen molar-refractivity contribution < 1.29 is 9.47 Å². The SMILES string of the molecule is C=CCOC1=CC=C(C(C)C2=CC=C(OCC=C)CC2)CC1. The van der Waals surface area contributed by atoms with E-state index in [2.05, 4.69) is 44.4 Å². The first-order valence-corrected chi connectivity index (χ1v) is 8.01. The maximum Gasteiger partial charge on any atom is 0.106 e. The summed E-state index contributed by atoms with van der Waals surface area (Å²) >= 11 is 0. The summed E-state index contributed by atoms with van der Waals surface area (Å²) in [5.74, 6) is 2.62. The fourth-order valence-electron chi connectivity index (χ4n) is 2.80. The lowest BCUT2D eigenvalue weighted by molar-refractivity contribution is 0.233. The fourth-order valence-corrected chi connectivity index (χ4v) is 2.80. The number of ether oxygens (including phenoxy) is 2. The van der Waals surface area contributed by atoms with Gasteiger partial charge in [0.1, 0.15) is 13.2 Å². The van der Waals surface area contributed by atoms with Gasteiger partial charge in [-0.1, -0.05) is 55.5 Å². The lowest BCUT2D eigenvalue weighted by Gasteiger charge is -2.24. The molecule has 0 N–H and O–H groups in total. The minimum atomic E-state index is 0.495. The normalized spacial score (nSPS) is 17.9. The van der Waals surface area contributed by atoms with Gasteiger partial charge < -0.3 is 9.47 Å². The first-order chi connectivity index (χ1) is 10.7. The standard InChI is InChI=1S/C20H26O2/c1-4-14-21-19-10-6-17(7-11-19)16(3)18-8-12-20(13-9-18)22-15-5-2/h4-6,8,10,12,16H,1-2,7,9,11,13-15H2,3H3. The summed E-state index contributed by atoms with van der Waals surface area (Å²) in [7, 11) is 0. The molecule has 0 fully saturated rings. The molecule has 2 nitrogen and oxygen atoms in total. The smallest absolute Gasteiger partial charge is 0.106 e. The Morgan fingerprint density at radius 3 is 1.64 bits per heavy atom. The second-order valence-corrected chi connectivity index (χ2v) is 5.67. The Kier molecular flexibility index (Phi) is 6.32. The van der Waals surface area contributed by atoms with Crippen molar-refractivity contribution in [2.75, 3.05) is 13.2 Å². The minimum Gasteiger partial charge on any atom is -0.494 e. The average Bonchev–Trinajstić information content (AvgIpc) is 2.58. The second kappa shape index (κ2) is 8.47. The van der Waals surface area contributed by atoms with E-state index in [1.165, 1.54) is 11.1 Å². The Hall–Kier alpha value is -1.96. The lowest BCUT2D eigenvalue weighted by atomic mass is 9.83. The lowest BCUT2D eigenvalue weighted by Crippen LogP contribution is -2.10. The largest absolute Gasteiger partial charge is 0.494 e. The molecule has 0 radical (unpaired) electrons. The van der Waals surface area contributed by atoms with E-state index in [1.54, 1.807) is 12.2 Å². The van der Waals surface area contributed by atoms with Gasteiger partial charge in [0.05, 0.1) is 11.5 Å². The third-order valence-electron chi connectivity index (χ3n) is 4.17. The van der Waals surface area contributed by atoms with Crippen LogP contribution in [0.3, 0.4) is 0 Å². The molecule has 0 bridgehead atoms. The van der Waals surface area contributed by atoms with Crippen molar-refractivity contribution in [3.63, 3.8) is 0 Å². The molecule has 0 aromatic heterocycles. The molecule has 0 aromatic rings. The van der Waals surface area contributed by atoms with Gasteiger partial charge in [-0.3, -0.25) is 0 Å².